The molecule has 3 rings (SSSR count). The van der Waals surface area contributed by atoms with Gasteiger partial charge in [0.2, 0.25) is 11.8 Å². The van der Waals surface area contributed by atoms with E-state index in [1.165, 1.54) is 5.56 Å². The summed E-state index contributed by atoms with van der Waals surface area (Å²) in [6.07, 6.45) is 2.01. The average Bonchev–Trinajstić information content (AvgIpc) is 2.72. The molecule has 0 spiro atoms. The summed E-state index contributed by atoms with van der Waals surface area (Å²) in [5, 5.41) is 3.04. The van der Waals surface area contributed by atoms with Crippen LogP contribution in [0.5, 0.6) is 0 Å². The molecule has 28 heavy (non-hydrogen) atoms. The van der Waals surface area contributed by atoms with Crippen molar-refractivity contribution in [3.8, 4) is 11.1 Å². The summed E-state index contributed by atoms with van der Waals surface area (Å²) in [5.41, 5.74) is 4.18. The highest BCUT2D eigenvalue weighted by atomic mass is 16.5. The first-order valence-corrected chi connectivity index (χ1v) is 9.81. The number of rotatable bonds is 6. The van der Waals surface area contributed by atoms with Gasteiger partial charge in [-0.15, -0.1) is 0 Å². The van der Waals surface area contributed by atoms with Crippen LogP contribution < -0.4 is 5.32 Å². The highest BCUT2D eigenvalue weighted by Crippen LogP contribution is 2.25. The predicted molar refractivity (Wildman–Crippen MR) is 111 cm³/mol. The van der Waals surface area contributed by atoms with Gasteiger partial charge in [-0.3, -0.25) is 9.59 Å². The Hall–Kier alpha value is -2.66. The van der Waals surface area contributed by atoms with Crippen LogP contribution in [0.2, 0.25) is 0 Å². The molecule has 2 aromatic rings. The maximum atomic E-state index is 12.8. The number of likely N-dealkylation sites (tertiary alicyclic amines) is 1. The molecule has 1 saturated heterocycles. The van der Waals surface area contributed by atoms with Crippen LogP contribution in [0.25, 0.3) is 11.1 Å². The van der Waals surface area contributed by atoms with E-state index in [0.717, 1.165) is 36.2 Å². The highest BCUT2D eigenvalue weighted by Gasteiger charge is 2.28. The van der Waals surface area contributed by atoms with E-state index in [-0.39, 0.29) is 17.7 Å². The van der Waals surface area contributed by atoms with Crippen molar-refractivity contribution in [2.45, 2.75) is 26.2 Å². The summed E-state index contributed by atoms with van der Waals surface area (Å²) in [6, 6.07) is 16.2. The second kappa shape index (κ2) is 9.51. The van der Waals surface area contributed by atoms with E-state index < -0.39 is 0 Å². The Balaban J connectivity index is 1.64. The Morgan fingerprint density at radius 1 is 1.14 bits per heavy atom. The van der Waals surface area contributed by atoms with Crippen molar-refractivity contribution in [2.24, 2.45) is 5.92 Å². The molecule has 0 radical (unpaired) electrons. The Labute approximate surface area is 166 Å². The zero-order valence-corrected chi connectivity index (χ0v) is 16.6. The molecule has 0 aliphatic carbocycles. The van der Waals surface area contributed by atoms with Crippen LogP contribution in [-0.2, 0) is 14.3 Å². The molecular formula is C23H28N2O3. The van der Waals surface area contributed by atoms with E-state index >= 15 is 0 Å². The molecule has 1 atom stereocenters. The molecule has 2 amide bonds. The van der Waals surface area contributed by atoms with Crippen molar-refractivity contribution in [1.82, 2.24) is 4.90 Å². The van der Waals surface area contributed by atoms with Gasteiger partial charge in [0, 0.05) is 25.9 Å². The van der Waals surface area contributed by atoms with Gasteiger partial charge in [-0.05, 0) is 43.0 Å². The van der Waals surface area contributed by atoms with E-state index in [1.54, 1.807) is 12.0 Å². The molecule has 0 unspecified atom stereocenters. The minimum atomic E-state index is -0.178. The zero-order chi connectivity index (χ0) is 19.9. The second-order valence-corrected chi connectivity index (χ2v) is 7.36. The summed E-state index contributed by atoms with van der Waals surface area (Å²) >= 11 is 0. The SMILES string of the molecule is COCCC(=O)N1CCC[C@@H](C(=O)Nc2cccc(-c3cccc(C)c3)c2)C1. The first kappa shape index (κ1) is 20.1. The van der Waals surface area contributed by atoms with Crippen LogP contribution in [0.15, 0.2) is 48.5 Å². The van der Waals surface area contributed by atoms with Crippen molar-refractivity contribution in [3.63, 3.8) is 0 Å². The van der Waals surface area contributed by atoms with Crippen LogP contribution in [0.1, 0.15) is 24.8 Å². The fourth-order valence-corrected chi connectivity index (χ4v) is 3.61. The lowest BCUT2D eigenvalue weighted by Gasteiger charge is -2.32. The van der Waals surface area contributed by atoms with E-state index in [9.17, 15) is 9.59 Å². The third kappa shape index (κ3) is 5.20. The number of hydrogen-bond acceptors (Lipinski definition) is 3. The number of aryl methyl sites for hydroxylation is 1. The predicted octanol–water partition coefficient (Wildman–Crippen LogP) is 3.88. The van der Waals surface area contributed by atoms with Crippen molar-refractivity contribution >= 4 is 17.5 Å². The molecule has 5 heteroatoms. The number of carbonyl (C=O) groups excluding carboxylic acids is 2. The molecule has 2 aromatic carbocycles. The van der Waals surface area contributed by atoms with Gasteiger partial charge in [0.05, 0.1) is 18.9 Å². The van der Waals surface area contributed by atoms with Crippen LogP contribution in [0.3, 0.4) is 0 Å². The molecule has 148 valence electrons. The second-order valence-electron chi connectivity index (χ2n) is 7.36. The smallest absolute Gasteiger partial charge is 0.229 e. The normalized spacial score (nSPS) is 16.6. The standard InChI is InChI=1S/C23H28N2O3/c1-17-6-3-7-18(14-17)19-8-4-10-21(15-19)24-23(27)20-9-5-12-25(16-20)22(26)11-13-28-2/h3-4,6-8,10,14-15,20H,5,9,11-13,16H2,1-2H3,(H,24,27)/t20-/m1/s1. The molecule has 0 saturated carbocycles. The van der Waals surface area contributed by atoms with Gasteiger partial charge in [0.15, 0.2) is 0 Å². The minimum absolute atomic E-state index is 0.0226. The van der Waals surface area contributed by atoms with Crippen LogP contribution in [0, 0.1) is 12.8 Å². The lowest BCUT2D eigenvalue weighted by molar-refractivity contribution is -0.135. The number of ether oxygens (including phenoxy) is 1. The quantitative estimate of drug-likeness (QED) is 0.827. The highest BCUT2D eigenvalue weighted by molar-refractivity contribution is 5.93. The average molecular weight is 380 g/mol. The Morgan fingerprint density at radius 3 is 2.64 bits per heavy atom. The number of methoxy groups -OCH3 is 1. The topological polar surface area (TPSA) is 58.6 Å². The van der Waals surface area contributed by atoms with Crippen LogP contribution in [0.4, 0.5) is 5.69 Å². The number of carbonyl (C=O) groups is 2. The summed E-state index contributed by atoms with van der Waals surface area (Å²) in [6.45, 7) is 3.68. The number of benzene rings is 2. The Kier molecular flexibility index (Phi) is 6.82. The van der Waals surface area contributed by atoms with E-state index in [1.807, 2.05) is 30.3 Å². The summed E-state index contributed by atoms with van der Waals surface area (Å²) in [4.78, 5) is 26.8. The molecule has 1 fully saturated rings. The number of nitrogens with zero attached hydrogens (tertiary/aromatic N) is 1. The molecule has 1 N–H and O–H groups in total. The van der Waals surface area contributed by atoms with Crippen molar-refractivity contribution in [3.05, 3.63) is 54.1 Å². The number of piperidine rings is 1. The zero-order valence-electron chi connectivity index (χ0n) is 16.6. The number of nitrogens with one attached hydrogen (secondary N) is 1. The number of amides is 2. The maximum Gasteiger partial charge on any atom is 0.229 e. The molecule has 1 heterocycles. The minimum Gasteiger partial charge on any atom is -0.384 e. The van der Waals surface area contributed by atoms with Crippen molar-refractivity contribution < 1.29 is 14.3 Å². The number of anilines is 1. The Bertz CT molecular complexity index is 834. The maximum absolute atomic E-state index is 12.8. The van der Waals surface area contributed by atoms with E-state index in [2.05, 4.69) is 30.4 Å². The first-order valence-electron chi connectivity index (χ1n) is 9.81. The first-order chi connectivity index (χ1) is 13.6. The molecule has 0 aromatic heterocycles. The monoisotopic (exact) mass is 380 g/mol. The Morgan fingerprint density at radius 2 is 1.89 bits per heavy atom. The molecule has 1 aliphatic rings. The number of hydrogen-bond donors (Lipinski definition) is 1. The largest absolute Gasteiger partial charge is 0.384 e. The van der Waals surface area contributed by atoms with Crippen molar-refractivity contribution in [1.29, 1.82) is 0 Å². The van der Waals surface area contributed by atoms with Gasteiger partial charge < -0.3 is 15.0 Å². The van der Waals surface area contributed by atoms with Gasteiger partial charge in [0.1, 0.15) is 0 Å². The van der Waals surface area contributed by atoms with Gasteiger partial charge in [-0.1, -0.05) is 42.0 Å². The van der Waals surface area contributed by atoms with E-state index in [4.69, 9.17) is 4.74 Å². The fourth-order valence-electron chi connectivity index (χ4n) is 3.61. The third-order valence-corrected chi connectivity index (χ3v) is 5.15. The van der Waals surface area contributed by atoms with Crippen LogP contribution in [-0.4, -0.2) is 43.5 Å². The third-order valence-electron chi connectivity index (χ3n) is 5.15. The van der Waals surface area contributed by atoms with Gasteiger partial charge >= 0.3 is 0 Å². The lowest BCUT2D eigenvalue weighted by Crippen LogP contribution is -2.44. The summed E-state index contributed by atoms with van der Waals surface area (Å²) in [7, 11) is 1.59. The van der Waals surface area contributed by atoms with E-state index in [0.29, 0.717) is 19.6 Å². The molecule has 0 bridgehead atoms. The lowest BCUT2D eigenvalue weighted by atomic mass is 9.96. The van der Waals surface area contributed by atoms with Crippen molar-refractivity contribution in [2.75, 3.05) is 32.1 Å². The molecule has 5 nitrogen and oxygen atoms in total. The molecule has 1 aliphatic heterocycles. The van der Waals surface area contributed by atoms with Gasteiger partial charge in [-0.25, -0.2) is 0 Å². The van der Waals surface area contributed by atoms with Gasteiger partial charge in [-0.2, -0.15) is 0 Å². The summed E-state index contributed by atoms with van der Waals surface area (Å²) < 4.78 is 4.98. The van der Waals surface area contributed by atoms with Gasteiger partial charge in [0.25, 0.3) is 0 Å². The van der Waals surface area contributed by atoms with Crippen LogP contribution >= 0.6 is 0 Å². The summed E-state index contributed by atoms with van der Waals surface area (Å²) in [5.74, 6) is -0.144. The fraction of sp³-hybridized carbons (Fsp3) is 0.391. The molecular weight excluding hydrogens is 352 g/mol.